The van der Waals surface area contributed by atoms with Gasteiger partial charge in [0.2, 0.25) is 0 Å². The fraction of sp³-hybridized carbons (Fsp3) is 0.714. The molecule has 0 saturated heterocycles. The summed E-state index contributed by atoms with van der Waals surface area (Å²) in [7, 11) is 0. The molecule has 0 amide bonds. The van der Waals surface area contributed by atoms with E-state index in [0.29, 0.717) is 5.92 Å². The van der Waals surface area contributed by atoms with Gasteiger partial charge in [0, 0.05) is 0 Å². The molecule has 1 aliphatic rings. The third-order valence-electron chi connectivity index (χ3n) is 3.71. The van der Waals surface area contributed by atoms with Crippen molar-refractivity contribution in [2.45, 2.75) is 64.3 Å². The molecule has 1 atom stereocenters. The van der Waals surface area contributed by atoms with Crippen molar-refractivity contribution in [2.24, 2.45) is 5.84 Å². The lowest BCUT2D eigenvalue weighted by atomic mass is 9.93. The fourth-order valence-corrected chi connectivity index (χ4v) is 3.55. The summed E-state index contributed by atoms with van der Waals surface area (Å²) in [6.07, 6.45) is 9.89. The van der Waals surface area contributed by atoms with Crippen molar-refractivity contribution in [3.8, 4) is 0 Å². The fourth-order valence-electron chi connectivity index (χ4n) is 2.63. The molecule has 1 aromatic heterocycles. The highest BCUT2D eigenvalue weighted by Gasteiger charge is 2.23. The largest absolute Gasteiger partial charge is 0.271 e. The van der Waals surface area contributed by atoms with Crippen molar-refractivity contribution >= 4 is 11.5 Å². The van der Waals surface area contributed by atoms with Gasteiger partial charge in [0.1, 0.15) is 0 Å². The molecule has 0 fully saturated rings. The summed E-state index contributed by atoms with van der Waals surface area (Å²) in [4.78, 5) is 1.18. The van der Waals surface area contributed by atoms with Crippen molar-refractivity contribution in [1.29, 1.82) is 0 Å². The van der Waals surface area contributed by atoms with Gasteiger partial charge in [-0.25, -0.2) is 5.43 Å². The van der Waals surface area contributed by atoms with E-state index in [1.165, 1.54) is 47.7 Å². The average Bonchev–Trinajstić information content (AvgIpc) is 2.81. The van der Waals surface area contributed by atoms with Crippen LogP contribution in [0.2, 0.25) is 0 Å². The lowest BCUT2D eigenvalue weighted by molar-refractivity contribution is 0.555. The Bertz CT molecular complexity index is 425. The van der Waals surface area contributed by atoms with E-state index in [-0.39, 0.29) is 6.04 Å². The van der Waals surface area contributed by atoms with E-state index in [0.717, 1.165) is 18.5 Å². The number of rotatable bonds is 4. The Morgan fingerprint density at radius 3 is 2.79 bits per heavy atom. The standard InChI is InChI=1S/C14H24N4S/c1-10(2)12-14(19-18-17-12)13(16-15)11-8-6-4-3-5-7-9-11/h8,10,13,16H,3-7,9,15H2,1-2H3. The number of allylic oxidation sites excluding steroid dienone is 1. The predicted molar refractivity (Wildman–Crippen MR) is 79.8 cm³/mol. The second-order valence-electron chi connectivity index (χ2n) is 5.51. The molecule has 0 radical (unpaired) electrons. The third kappa shape index (κ3) is 3.61. The quantitative estimate of drug-likeness (QED) is 0.504. The van der Waals surface area contributed by atoms with Crippen LogP contribution < -0.4 is 11.3 Å². The third-order valence-corrected chi connectivity index (χ3v) is 4.52. The Hall–Kier alpha value is -0.780. The molecule has 1 heterocycles. The van der Waals surface area contributed by atoms with E-state index in [1.807, 2.05) is 0 Å². The first kappa shape index (κ1) is 14.6. The van der Waals surface area contributed by atoms with Crippen LogP contribution in [0, 0.1) is 0 Å². The molecule has 0 aromatic carbocycles. The summed E-state index contributed by atoms with van der Waals surface area (Å²) >= 11 is 1.47. The van der Waals surface area contributed by atoms with Crippen LogP contribution in [0.15, 0.2) is 11.6 Å². The highest BCUT2D eigenvalue weighted by atomic mass is 32.1. The van der Waals surface area contributed by atoms with Gasteiger partial charge in [-0.05, 0) is 43.1 Å². The number of nitrogens with zero attached hydrogens (tertiary/aromatic N) is 2. The summed E-state index contributed by atoms with van der Waals surface area (Å²) in [5, 5.41) is 4.27. The minimum Gasteiger partial charge on any atom is -0.271 e. The zero-order valence-corrected chi connectivity index (χ0v) is 12.7. The monoisotopic (exact) mass is 280 g/mol. The van der Waals surface area contributed by atoms with Crippen LogP contribution >= 0.6 is 11.5 Å². The van der Waals surface area contributed by atoms with Crippen LogP contribution in [0.3, 0.4) is 0 Å². The van der Waals surface area contributed by atoms with Crippen LogP contribution in [-0.2, 0) is 0 Å². The number of hydrazine groups is 1. The molecule has 106 valence electrons. The van der Waals surface area contributed by atoms with Crippen LogP contribution in [0.4, 0.5) is 0 Å². The summed E-state index contributed by atoms with van der Waals surface area (Å²) in [5.41, 5.74) is 5.47. The van der Waals surface area contributed by atoms with Crippen molar-refractivity contribution in [3.63, 3.8) is 0 Å². The molecule has 0 bridgehead atoms. The Labute approximate surface area is 119 Å². The summed E-state index contributed by atoms with van der Waals surface area (Å²) in [6.45, 7) is 4.31. The second kappa shape index (κ2) is 7.12. The van der Waals surface area contributed by atoms with Gasteiger partial charge in [-0.15, -0.1) is 5.10 Å². The van der Waals surface area contributed by atoms with Gasteiger partial charge in [-0.1, -0.05) is 42.8 Å². The molecule has 1 aliphatic carbocycles. The Kier molecular flexibility index (Phi) is 5.48. The van der Waals surface area contributed by atoms with Crippen LogP contribution in [0.5, 0.6) is 0 Å². The normalized spacial score (nSPS) is 18.8. The second-order valence-corrected chi connectivity index (χ2v) is 6.29. The smallest absolute Gasteiger partial charge is 0.0833 e. The molecule has 0 aliphatic heterocycles. The molecule has 1 aromatic rings. The topological polar surface area (TPSA) is 63.8 Å². The Balaban J connectivity index is 2.24. The van der Waals surface area contributed by atoms with Gasteiger partial charge in [0.15, 0.2) is 0 Å². The first-order chi connectivity index (χ1) is 9.24. The molecule has 4 nitrogen and oxygen atoms in total. The maximum Gasteiger partial charge on any atom is 0.0833 e. The maximum atomic E-state index is 5.81. The zero-order valence-electron chi connectivity index (χ0n) is 11.9. The molecular weight excluding hydrogens is 256 g/mol. The van der Waals surface area contributed by atoms with Crippen molar-refractivity contribution in [3.05, 3.63) is 22.2 Å². The van der Waals surface area contributed by atoms with Gasteiger partial charge in [-0.3, -0.25) is 5.84 Å². The molecule has 0 saturated carbocycles. The molecule has 2 rings (SSSR count). The minimum absolute atomic E-state index is 0.0931. The lowest BCUT2D eigenvalue weighted by Crippen LogP contribution is -2.30. The van der Waals surface area contributed by atoms with Crippen LogP contribution in [0.1, 0.15) is 74.9 Å². The summed E-state index contributed by atoms with van der Waals surface area (Å²) in [6, 6.07) is 0.0931. The van der Waals surface area contributed by atoms with E-state index in [9.17, 15) is 0 Å². The van der Waals surface area contributed by atoms with Crippen molar-refractivity contribution in [1.82, 2.24) is 15.0 Å². The van der Waals surface area contributed by atoms with E-state index in [2.05, 4.69) is 34.9 Å². The highest BCUT2D eigenvalue weighted by molar-refractivity contribution is 7.05. The molecular formula is C14H24N4S. The molecule has 5 heteroatoms. The number of aromatic nitrogens is 2. The first-order valence-electron chi connectivity index (χ1n) is 7.21. The summed E-state index contributed by atoms with van der Waals surface area (Å²) < 4.78 is 4.12. The van der Waals surface area contributed by atoms with Gasteiger partial charge < -0.3 is 0 Å². The molecule has 19 heavy (non-hydrogen) atoms. The maximum absolute atomic E-state index is 5.81. The Morgan fingerprint density at radius 1 is 1.26 bits per heavy atom. The van der Waals surface area contributed by atoms with Gasteiger partial charge >= 0.3 is 0 Å². The van der Waals surface area contributed by atoms with E-state index < -0.39 is 0 Å². The first-order valence-corrected chi connectivity index (χ1v) is 7.98. The molecule has 3 N–H and O–H groups in total. The number of hydrogen-bond acceptors (Lipinski definition) is 5. The summed E-state index contributed by atoms with van der Waals surface area (Å²) in [5.74, 6) is 6.20. The number of nitrogens with one attached hydrogen (secondary N) is 1. The Morgan fingerprint density at radius 2 is 2.05 bits per heavy atom. The number of nitrogens with two attached hydrogens (primary N) is 1. The molecule has 1 unspecified atom stereocenters. The SMILES string of the molecule is CC(C)c1nnsc1C(NN)C1=CCCCCCC1. The predicted octanol–water partition coefficient (Wildman–Crippen LogP) is 3.45. The van der Waals surface area contributed by atoms with Gasteiger partial charge in [0.25, 0.3) is 0 Å². The van der Waals surface area contributed by atoms with Crippen molar-refractivity contribution < 1.29 is 0 Å². The molecule has 0 spiro atoms. The van der Waals surface area contributed by atoms with E-state index in [4.69, 9.17) is 5.84 Å². The van der Waals surface area contributed by atoms with E-state index >= 15 is 0 Å². The van der Waals surface area contributed by atoms with Crippen molar-refractivity contribution in [2.75, 3.05) is 0 Å². The van der Waals surface area contributed by atoms with Gasteiger partial charge in [-0.2, -0.15) is 0 Å². The zero-order chi connectivity index (χ0) is 13.7. The lowest BCUT2D eigenvalue weighted by Gasteiger charge is -2.21. The van der Waals surface area contributed by atoms with Crippen LogP contribution in [0.25, 0.3) is 0 Å². The average molecular weight is 280 g/mol. The van der Waals surface area contributed by atoms with Crippen LogP contribution in [-0.4, -0.2) is 9.59 Å². The minimum atomic E-state index is 0.0931. The highest BCUT2D eigenvalue weighted by Crippen LogP contribution is 2.33. The van der Waals surface area contributed by atoms with E-state index in [1.54, 1.807) is 0 Å². The number of hydrogen-bond donors (Lipinski definition) is 2. The van der Waals surface area contributed by atoms with Gasteiger partial charge in [0.05, 0.1) is 16.6 Å².